The molecule has 172 valence electrons. The summed E-state index contributed by atoms with van der Waals surface area (Å²) in [5, 5.41) is 1.42. The highest BCUT2D eigenvalue weighted by Crippen LogP contribution is 2.34. The number of halogens is 5. The van der Waals surface area contributed by atoms with Crippen LogP contribution in [-0.2, 0) is 0 Å². The lowest BCUT2D eigenvalue weighted by molar-refractivity contribution is 0.0970. The van der Waals surface area contributed by atoms with Crippen LogP contribution >= 0.6 is 23.8 Å². The number of benzene rings is 2. The number of rotatable bonds is 4. The van der Waals surface area contributed by atoms with Crippen LogP contribution in [0.2, 0.25) is 5.02 Å². The minimum Gasteiger partial charge on any atom is -0.497 e. The van der Waals surface area contributed by atoms with E-state index in [0.717, 1.165) is 4.90 Å². The van der Waals surface area contributed by atoms with Crippen molar-refractivity contribution in [2.75, 3.05) is 45.3 Å². The largest absolute Gasteiger partial charge is 0.497 e. The van der Waals surface area contributed by atoms with E-state index >= 15 is 0 Å². The van der Waals surface area contributed by atoms with Crippen molar-refractivity contribution < 1.29 is 31.8 Å². The van der Waals surface area contributed by atoms with E-state index in [4.69, 9.17) is 33.3 Å². The maximum atomic E-state index is 14.2. The summed E-state index contributed by atoms with van der Waals surface area (Å²) in [6.07, 6.45) is 0. The Morgan fingerprint density at radius 3 is 2.12 bits per heavy atom. The monoisotopic (exact) mass is 491 g/mol. The highest BCUT2D eigenvalue weighted by Gasteiger charge is 2.30. The Morgan fingerprint density at radius 2 is 1.59 bits per heavy atom. The predicted molar refractivity (Wildman–Crippen MR) is 115 cm³/mol. The average Bonchev–Trinajstić information content (AvgIpc) is 2.81. The molecule has 1 amide bonds. The molecule has 0 aromatic heterocycles. The molecule has 2 aromatic carbocycles. The molecule has 0 saturated carbocycles. The first-order chi connectivity index (χ1) is 15.2. The molecule has 1 N–H and O–H groups in total. The van der Waals surface area contributed by atoms with Gasteiger partial charge in [0.25, 0.3) is 5.91 Å². The van der Waals surface area contributed by atoms with Crippen LogP contribution in [0.1, 0.15) is 10.4 Å². The van der Waals surface area contributed by atoms with Gasteiger partial charge in [0.1, 0.15) is 22.2 Å². The van der Waals surface area contributed by atoms with Crippen LogP contribution in [0.4, 0.5) is 23.2 Å². The maximum Gasteiger partial charge on any atom is 0.261 e. The molecule has 1 saturated heterocycles. The second-order valence-corrected chi connectivity index (χ2v) is 7.48. The number of carbonyl (C=O) groups is 1. The van der Waals surface area contributed by atoms with Crippen molar-refractivity contribution in [1.29, 1.82) is 0 Å². The molecule has 0 unspecified atom stereocenters. The Hall–Kier alpha value is -2.79. The predicted octanol–water partition coefficient (Wildman–Crippen LogP) is 3.75. The number of hydrogen-bond donors (Lipinski definition) is 1. The quantitative estimate of drug-likeness (QED) is 0.304. The van der Waals surface area contributed by atoms with E-state index in [1.807, 2.05) is 0 Å². The van der Waals surface area contributed by atoms with Crippen LogP contribution in [0.25, 0.3) is 0 Å². The minimum atomic E-state index is -1.65. The number of hydrogen-bond acceptors (Lipinski definition) is 5. The Balaban J connectivity index is 1.68. The van der Waals surface area contributed by atoms with Crippen molar-refractivity contribution in [2.24, 2.45) is 0 Å². The van der Waals surface area contributed by atoms with Gasteiger partial charge in [-0.15, -0.1) is 0 Å². The van der Waals surface area contributed by atoms with Gasteiger partial charge in [-0.1, -0.05) is 11.6 Å². The van der Waals surface area contributed by atoms with Gasteiger partial charge in [-0.05, 0) is 24.4 Å². The molecule has 2 aromatic rings. The molecule has 12 heteroatoms. The Morgan fingerprint density at radius 1 is 1.00 bits per heavy atom. The summed E-state index contributed by atoms with van der Waals surface area (Å²) >= 11 is 10.5. The summed E-state index contributed by atoms with van der Waals surface area (Å²) in [4.78, 5) is 15.4. The lowest BCUT2D eigenvalue weighted by atomic mass is 10.1. The average molecular weight is 492 g/mol. The van der Waals surface area contributed by atoms with E-state index in [9.17, 15) is 22.4 Å². The van der Waals surface area contributed by atoms with Crippen LogP contribution in [0, 0.1) is 23.3 Å². The van der Waals surface area contributed by atoms with Crippen LogP contribution in [0.5, 0.6) is 11.5 Å². The summed E-state index contributed by atoms with van der Waals surface area (Å²) in [7, 11) is 2.89. The van der Waals surface area contributed by atoms with E-state index in [0.29, 0.717) is 5.75 Å². The molecule has 3 rings (SSSR count). The third-order valence-corrected chi connectivity index (χ3v) is 5.64. The summed E-state index contributed by atoms with van der Waals surface area (Å²) < 4.78 is 66.2. The molecular weight excluding hydrogens is 474 g/mol. The molecule has 1 aliphatic heterocycles. The van der Waals surface area contributed by atoms with Crippen LogP contribution in [0.15, 0.2) is 18.2 Å². The Kier molecular flexibility index (Phi) is 7.29. The number of nitrogens with one attached hydrogen (secondary N) is 1. The van der Waals surface area contributed by atoms with Gasteiger partial charge in [-0.25, -0.2) is 17.6 Å². The van der Waals surface area contributed by atoms with Gasteiger partial charge in [0.15, 0.2) is 28.4 Å². The molecule has 0 radical (unpaired) electrons. The summed E-state index contributed by atoms with van der Waals surface area (Å²) in [5.74, 6) is -6.16. The van der Waals surface area contributed by atoms with Gasteiger partial charge in [-0.3, -0.25) is 10.1 Å². The van der Waals surface area contributed by atoms with Crippen molar-refractivity contribution in [2.45, 2.75) is 0 Å². The third kappa shape index (κ3) is 4.53. The fourth-order valence-electron chi connectivity index (χ4n) is 3.23. The first-order valence-electron chi connectivity index (χ1n) is 9.28. The molecule has 0 atom stereocenters. The van der Waals surface area contributed by atoms with E-state index in [1.165, 1.54) is 20.3 Å². The molecule has 0 bridgehead atoms. The standard InChI is InChI=1S/C20H18ClF4N3O3S/c1-30-10-3-4-11(12(9-10)31-2)19(29)26-20(32)28-7-5-27(6-8-28)18-16(24)14(22)13(21)15(23)17(18)25/h3-4,9H,5-8H2,1-2H3,(H,26,29,32). The normalized spacial score (nSPS) is 13.7. The van der Waals surface area contributed by atoms with Crippen molar-refractivity contribution in [3.63, 3.8) is 0 Å². The lowest BCUT2D eigenvalue weighted by Gasteiger charge is -2.37. The van der Waals surface area contributed by atoms with E-state index in [2.05, 4.69) is 5.32 Å². The van der Waals surface area contributed by atoms with Gasteiger partial charge in [0, 0.05) is 32.2 Å². The van der Waals surface area contributed by atoms with Crippen molar-refractivity contribution in [3.05, 3.63) is 52.1 Å². The number of ether oxygens (including phenoxy) is 2. The fraction of sp³-hybridized carbons (Fsp3) is 0.300. The van der Waals surface area contributed by atoms with Gasteiger partial charge >= 0.3 is 0 Å². The van der Waals surface area contributed by atoms with Gasteiger partial charge in [0.2, 0.25) is 0 Å². The van der Waals surface area contributed by atoms with Crippen molar-refractivity contribution in [1.82, 2.24) is 10.2 Å². The molecule has 6 nitrogen and oxygen atoms in total. The SMILES string of the molecule is COc1ccc(C(=O)NC(=S)N2CCN(c3c(F)c(F)c(Cl)c(F)c3F)CC2)c(OC)c1. The third-order valence-electron chi connectivity index (χ3n) is 4.94. The number of methoxy groups -OCH3 is 2. The molecule has 0 aliphatic carbocycles. The van der Waals surface area contributed by atoms with Crippen molar-refractivity contribution in [3.8, 4) is 11.5 Å². The highest BCUT2D eigenvalue weighted by atomic mass is 35.5. The number of piperazine rings is 1. The first-order valence-corrected chi connectivity index (χ1v) is 10.1. The zero-order chi connectivity index (χ0) is 23.6. The van der Waals surface area contributed by atoms with Crippen LogP contribution in [0.3, 0.4) is 0 Å². The topological polar surface area (TPSA) is 54.0 Å². The molecule has 32 heavy (non-hydrogen) atoms. The number of anilines is 1. The summed E-state index contributed by atoms with van der Waals surface area (Å²) in [6.45, 7) is 0.277. The lowest BCUT2D eigenvalue weighted by Crippen LogP contribution is -2.53. The molecule has 0 spiro atoms. The van der Waals surface area contributed by atoms with Gasteiger partial charge in [0.05, 0.1) is 19.8 Å². The Labute approximate surface area is 191 Å². The smallest absolute Gasteiger partial charge is 0.261 e. The number of amides is 1. The number of carbonyl (C=O) groups excluding carboxylic acids is 1. The summed E-state index contributed by atoms with van der Waals surface area (Å²) in [6, 6.07) is 4.65. The molecule has 1 fully saturated rings. The van der Waals surface area contributed by atoms with E-state index < -0.39 is 39.9 Å². The van der Waals surface area contributed by atoms with Crippen molar-refractivity contribution >= 4 is 40.5 Å². The first kappa shape index (κ1) is 23.9. The fourth-order valence-corrected chi connectivity index (χ4v) is 3.67. The number of nitrogens with zero attached hydrogens (tertiary/aromatic N) is 2. The summed E-state index contributed by atoms with van der Waals surface area (Å²) in [5.41, 5.74) is -0.604. The second-order valence-electron chi connectivity index (χ2n) is 6.72. The Bertz CT molecular complexity index is 1040. The highest BCUT2D eigenvalue weighted by molar-refractivity contribution is 7.80. The van der Waals surface area contributed by atoms with E-state index in [-0.39, 0.29) is 42.6 Å². The van der Waals surface area contributed by atoms with Crippen LogP contribution in [-0.4, -0.2) is 56.3 Å². The molecule has 1 heterocycles. The molecular formula is C20H18ClF4N3O3S. The second kappa shape index (κ2) is 9.78. The van der Waals surface area contributed by atoms with E-state index in [1.54, 1.807) is 17.0 Å². The number of thiocarbonyl (C=S) groups is 1. The zero-order valence-corrected chi connectivity index (χ0v) is 18.6. The zero-order valence-electron chi connectivity index (χ0n) is 17.0. The molecule has 1 aliphatic rings. The van der Waals surface area contributed by atoms with Gasteiger partial charge in [-0.2, -0.15) is 0 Å². The maximum absolute atomic E-state index is 14.2. The minimum absolute atomic E-state index is 0.00375. The van der Waals surface area contributed by atoms with Crippen LogP contribution < -0.4 is 19.7 Å². The van der Waals surface area contributed by atoms with Gasteiger partial charge < -0.3 is 19.3 Å².